The van der Waals surface area contributed by atoms with E-state index >= 15 is 0 Å². The minimum absolute atomic E-state index is 0.902. The molecule has 2 aliphatic rings. The molecule has 0 bridgehead atoms. The highest BCUT2D eigenvalue weighted by atomic mass is 16.5. The zero-order chi connectivity index (χ0) is 26.1. The molecule has 1 heterocycles. The monoisotopic (exact) mass is 490 g/mol. The second-order valence-electron chi connectivity index (χ2n) is 9.69. The summed E-state index contributed by atoms with van der Waals surface area (Å²) in [5.74, 6) is 0.994. The molecule has 4 aromatic rings. The van der Waals surface area contributed by atoms with Crippen LogP contribution >= 0.6 is 0 Å². The first-order valence-electron chi connectivity index (χ1n) is 13.2. The minimum Gasteiger partial charge on any atom is -0.469 e. The van der Waals surface area contributed by atoms with Crippen molar-refractivity contribution in [3.05, 3.63) is 157 Å². The molecule has 38 heavy (non-hydrogen) atoms. The standard InChI is InChI=1S/C37H30O/c1-4-26(5-2)27-13-12-14-28(24-27)36-31-16-6-8-18-33(31)37(34-19-9-7-17-32(34)36)29-21-22-38-35-20-11-10-15-30(35)25(3)23-29/h4-10,12-19,21-24H,1,3,11,20H2,2H3/b22-21-,26-5+,29-23+. The Bertz CT molecular complexity index is 1710. The smallest absolute Gasteiger partial charge is 0.111 e. The van der Waals surface area contributed by atoms with Gasteiger partial charge in [0.05, 0.1) is 6.26 Å². The van der Waals surface area contributed by atoms with Gasteiger partial charge in [0.2, 0.25) is 0 Å². The maximum Gasteiger partial charge on any atom is 0.111 e. The van der Waals surface area contributed by atoms with E-state index in [0.717, 1.165) is 40.9 Å². The Kier molecular flexibility index (Phi) is 6.27. The molecule has 0 fully saturated rings. The highest BCUT2D eigenvalue weighted by Gasteiger charge is 2.19. The molecule has 1 nitrogen and oxygen atoms in total. The number of hydrogen-bond acceptors (Lipinski definition) is 1. The highest BCUT2D eigenvalue weighted by molar-refractivity contribution is 6.19. The Morgan fingerprint density at radius 2 is 1.53 bits per heavy atom. The van der Waals surface area contributed by atoms with E-state index in [1.165, 1.54) is 43.8 Å². The quantitative estimate of drug-likeness (QED) is 0.204. The van der Waals surface area contributed by atoms with Gasteiger partial charge in [-0.25, -0.2) is 0 Å². The summed E-state index contributed by atoms with van der Waals surface area (Å²) in [4.78, 5) is 0. The van der Waals surface area contributed by atoms with Crippen molar-refractivity contribution in [2.45, 2.75) is 19.8 Å². The lowest BCUT2D eigenvalue weighted by Crippen LogP contribution is -2.01. The van der Waals surface area contributed by atoms with Crippen LogP contribution in [0.3, 0.4) is 0 Å². The van der Waals surface area contributed by atoms with Crippen LogP contribution in [0.15, 0.2) is 146 Å². The number of allylic oxidation sites excluding steroid dienone is 11. The van der Waals surface area contributed by atoms with Gasteiger partial charge in [0, 0.05) is 12.0 Å². The summed E-state index contributed by atoms with van der Waals surface area (Å²) in [6.45, 7) is 10.5. The first kappa shape index (κ1) is 23.8. The number of benzene rings is 4. The van der Waals surface area contributed by atoms with Crippen LogP contribution in [0.25, 0.3) is 43.8 Å². The molecular formula is C37H30O. The molecule has 4 aromatic carbocycles. The molecule has 1 heteroatoms. The van der Waals surface area contributed by atoms with Gasteiger partial charge in [0.15, 0.2) is 0 Å². The molecule has 0 aromatic heterocycles. The first-order chi connectivity index (χ1) is 18.7. The van der Waals surface area contributed by atoms with Crippen LogP contribution in [0, 0.1) is 0 Å². The van der Waals surface area contributed by atoms with Gasteiger partial charge in [-0.1, -0.05) is 104 Å². The first-order valence-corrected chi connectivity index (χ1v) is 13.2. The molecule has 6 rings (SSSR count). The van der Waals surface area contributed by atoms with Gasteiger partial charge >= 0.3 is 0 Å². The zero-order valence-corrected chi connectivity index (χ0v) is 21.7. The molecular weight excluding hydrogens is 460 g/mol. The van der Waals surface area contributed by atoms with Crippen LogP contribution in [0.5, 0.6) is 0 Å². The van der Waals surface area contributed by atoms with Gasteiger partial charge in [-0.15, -0.1) is 0 Å². The average molecular weight is 491 g/mol. The molecule has 0 saturated carbocycles. The largest absolute Gasteiger partial charge is 0.469 e. The second kappa shape index (κ2) is 10.0. The lowest BCUT2D eigenvalue weighted by atomic mass is 9.84. The van der Waals surface area contributed by atoms with Crippen LogP contribution in [0.1, 0.15) is 30.9 Å². The second-order valence-corrected chi connectivity index (χ2v) is 9.69. The predicted octanol–water partition coefficient (Wildman–Crippen LogP) is 10.3. The summed E-state index contributed by atoms with van der Waals surface area (Å²) < 4.78 is 6.12. The number of fused-ring (bicyclic) bond motifs is 2. The summed E-state index contributed by atoms with van der Waals surface area (Å²) >= 11 is 0. The molecule has 0 spiro atoms. The number of hydrogen-bond donors (Lipinski definition) is 0. The summed E-state index contributed by atoms with van der Waals surface area (Å²) in [5, 5.41) is 4.86. The lowest BCUT2D eigenvalue weighted by Gasteiger charge is -2.21. The van der Waals surface area contributed by atoms with E-state index in [9.17, 15) is 0 Å². The van der Waals surface area contributed by atoms with Crippen LogP contribution < -0.4 is 0 Å². The Hall–Kier alpha value is -4.62. The molecule has 184 valence electrons. The van der Waals surface area contributed by atoms with E-state index in [0.29, 0.717) is 0 Å². The van der Waals surface area contributed by atoms with Crippen LogP contribution in [-0.2, 0) is 4.74 Å². The van der Waals surface area contributed by atoms with E-state index in [2.05, 4.69) is 123 Å². The number of rotatable bonds is 4. The van der Waals surface area contributed by atoms with Gasteiger partial charge in [-0.05, 0) is 92.1 Å². The fourth-order valence-electron chi connectivity index (χ4n) is 5.72. The third-order valence-corrected chi connectivity index (χ3v) is 7.49. The zero-order valence-electron chi connectivity index (χ0n) is 21.7. The van der Waals surface area contributed by atoms with Crippen molar-refractivity contribution in [1.82, 2.24) is 0 Å². The van der Waals surface area contributed by atoms with Crippen molar-refractivity contribution in [2.24, 2.45) is 0 Å². The molecule has 0 N–H and O–H groups in total. The normalized spacial score (nSPS) is 17.9. The SMILES string of the molecule is C=C/C(=C\C)c1cccc(-c2c3ccccc3c(C3=C/C(=C)C4=C(CCC=C4)O/C=C\3)c3ccccc23)c1. The molecule has 0 saturated heterocycles. The summed E-state index contributed by atoms with van der Waals surface area (Å²) in [5.41, 5.74) is 9.08. The van der Waals surface area contributed by atoms with Gasteiger partial charge < -0.3 is 4.74 Å². The fraction of sp³-hybridized carbons (Fsp3) is 0.0811. The van der Waals surface area contributed by atoms with E-state index < -0.39 is 0 Å². The van der Waals surface area contributed by atoms with Crippen molar-refractivity contribution < 1.29 is 4.74 Å². The van der Waals surface area contributed by atoms with E-state index in [-0.39, 0.29) is 0 Å². The number of ether oxygens (including phenoxy) is 1. The summed E-state index contributed by atoms with van der Waals surface area (Å²) in [6.07, 6.45) is 16.4. The van der Waals surface area contributed by atoms with Crippen molar-refractivity contribution >= 4 is 32.7 Å². The summed E-state index contributed by atoms with van der Waals surface area (Å²) in [6, 6.07) is 26.2. The molecule has 0 atom stereocenters. The third-order valence-electron chi connectivity index (χ3n) is 7.49. The maximum absolute atomic E-state index is 6.12. The molecule has 1 aliphatic carbocycles. The molecule has 0 radical (unpaired) electrons. The van der Waals surface area contributed by atoms with Crippen molar-refractivity contribution in [2.75, 3.05) is 0 Å². The average Bonchev–Trinajstić information content (AvgIpc) is 2.95. The van der Waals surface area contributed by atoms with E-state index in [1.54, 1.807) is 0 Å². The molecule has 0 amide bonds. The third kappa shape index (κ3) is 4.07. The van der Waals surface area contributed by atoms with Gasteiger partial charge in [-0.2, -0.15) is 0 Å². The molecule has 1 aliphatic heterocycles. The van der Waals surface area contributed by atoms with Crippen molar-refractivity contribution in [3.8, 4) is 11.1 Å². The highest BCUT2D eigenvalue weighted by Crippen LogP contribution is 2.43. The van der Waals surface area contributed by atoms with E-state index in [4.69, 9.17) is 4.74 Å². The predicted molar refractivity (Wildman–Crippen MR) is 163 cm³/mol. The Labute approximate surface area is 224 Å². The fourth-order valence-corrected chi connectivity index (χ4v) is 5.72. The van der Waals surface area contributed by atoms with Crippen LogP contribution in [-0.4, -0.2) is 0 Å². The maximum atomic E-state index is 6.12. The summed E-state index contributed by atoms with van der Waals surface area (Å²) in [7, 11) is 0. The van der Waals surface area contributed by atoms with Crippen molar-refractivity contribution in [1.29, 1.82) is 0 Å². The topological polar surface area (TPSA) is 9.23 Å². The Morgan fingerprint density at radius 1 is 0.842 bits per heavy atom. The molecule has 0 unspecified atom stereocenters. The Morgan fingerprint density at radius 3 is 2.18 bits per heavy atom. The van der Waals surface area contributed by atoms with Crippen molar-refractivity contribution in [3.63, 3.8) is 0 Å². The lowest BCUT2D eigenvalue weighted by molar-refractivity contribution is 0.329. The van der Waals surface area contributed by atoms with Crippen LogP contribution in [0.4, 0.5) is 0 Å². The minimum atomic E-state index is 0.902. The van der Waals surface area contributed by atoms with E-state index in [1.807, 2.05) is 12.3 Å². The van der Waals surface area contributed by atoms with Gasteiger partial charge in [-0.3, -0.25) is 0 Å². The van der Waals surface area contributed by atoms with Gasteiger partial charge in [0.1, 0.15) is 5.76 Å². The Balaban J connectivity index is 1.65. The van der Waals surface area contributed by atoms with Gasteiger partial charge in [0.25, 0.3) is 0 Å². The van der Waals surface area contributed by atoms with Crippen LogP contribution in [0.2, 0.25) is 0 Å².